The number of carbonyl (C=O) groups excluding carboxylic acids is 1. The summed E-state index contributed by atoms with van der Waals surface area (Å²) in [6.45, 7) is 2.11. The van der Waals surface area contributed by atoms with E-state index in [1.165, 1.54) is 23.1 Å². The van der Waals surface area contributed by atoms with Crippen molar-refractivity contribution in [2.75, 3.05) is 0 Å². The summed E-state index contributed by atoms with van der Waals surface area (Å²) in [5.74, 6) is 0.194. The van der Waals surface area contributed by atoms with Gasteiger partial charge >= 0.3 is 5.69 Å². The van der Waals surface area contributed by atoms with Crippen LogP contribution >= 0.6 is 0 Å². The molecule has 0 radical (unpaired) electrons. The first-order chi connectivity index (χ1) is 14.5. The Labute approximate surface area is 173 Å². The molecule has 4 aromatic rings. The number of H-pyrrole nitrogens is 1. The average molecular weight is 404 g/mol. The Kier molecular flexibility index (Phi) is 4.46. The molecule has 2 atom stereocenters. The van der Waals surface area contributed by atoms with Crippen LogP contribution in [-0.2, 0) is 6.54 Å². The quantitative estimate of drug-likeness (QED) is 0.503. The highest BCUT2D eigenvalue weighted by atomic mass is 16.3. The van der Waals surface area contributed by atoms with Gasteiger partial charge in [-0.3, -0.25) is 13.9 Å². The fourth-order valence-electron chi connectivity index (χ4n) is 4.82. The molecule has 0 unspecified atom stereocenters. The molecule has 0 aliphatic heterocycles. The van der Waals surface area contributed by atoms with Crippen molar-refractivity contribution in [2.24, 2.45) is 5.92 Å². The highest BCUT2D eigenvalue weighted by Gasteiger charge is 2.29. The van der Waals surface area contributed by atoms with Crippen LogP contribution in [0, 0.1) is 5.92 Å². The van der Waals surface area contributed by atoms with E-state index >= 15 is 0 Å². The van der Waals surface area contributed by atoms with Crippen LogP contribution in [0.3, 0.4) is 0 Å². The number of phenols is 1. The lowest BCUT2D eigenvalue weighted by atomic mass is 9.85. The lowest BCUT2D eigenvalue weighted by molar-refractivity contribution is 0.0971. The maximum Gasteiger partial charge on any atom is 0.329 e. The van der Waals surface area contributed by atoms with E-state index in [0.29, 0.717) is 17.0 Å². The van der Waals surface area contributed by atoms with Gasteiger partial charge in [-0.25, -0.2) is 9.78 Å². The monoisotopic (exact) mass is 404 g/mol. The number of hydrogen-bond acceptors (Lipinski definition) is 4. The lowest BCUT2D eigenvalue weighted by Gasteiger charge is -2.29. The molecule has 0 amide bonds. The van der Waals surface area contributed by atoms with Gasteiger partial charge in [-0.15, -0.1) is 0 Å². The molecular weight excluding hydrogens is 380 g/mol. The van der Waals surface area contributed by atoms with Crippen molar-refractivity contribution in [1.29, 1.82) is 0 Å². The van der Waals surface area contributed by atoms with E-state index in [2.05, 4.69) is 16.9 Å². The largest absolute Gasteiger partial charge is 0.508 e. The van der Waals surface area contributed by atoms with Crippen molar-refractivity contribution in [3.63, 3.8) is 0 Å². The first kappa shape index (κ1) is 18.7. The Morgan fingerprint density at radius 1 is 1.27 bits per heavy atom. The number of Topliss-reactive ketones (excluding diaryl/α,β-unsaturated/α-hetero) is 1. The van der Waals surface area contributed by atoms with Crippen molar-refractivity contribution in [2.45, 2.75) is 45.2 Å². The standard InChI is InChI=1S/C23H24N4O3/c1-14-5-2-3-8-18(14)27-21-17-9-10-24-22(17)25-12-19(21)26(23(27)30)13-20(29)15-6-4-7-16(28)11-15/h4,6-7,9-12,14,18,28H,2-3,5,8,13H2,1H3,(H,24,25)/t14-,18+/m1/s1. The summed E-state index contributed by atoms with van der Waals surface area (Å²) >= 11 is 0. The number of ketones is 1. The van der Waals surface area contributed by atoms with E-state index in [4.69, 9.17) is 0 Å². The summed E-state index contributed by atoms with van der Waals surface area (Å²) in [6, 6.07) is 8.27. The van der Waals surface area contributed by atoms with Crippen LogP contribution in [-0.4, -0.2) is 30.0 Å². The summed E-state index contributed by atoms with van der Waals surface area (Å²) < 4.78 is 3.43. The predicted molar refractivity (Wildman–Crippen MR) is 115 cm³/mol. The fraction of sp³-hybridized carbons (Fsp3) is 0.348. The van der Waals surface area contributed by atoms with E-state index in [1.807, 2.05) is 16.8 Å². The lowest BCUT2D eigenvalue weighted by Crippen LogP contribution is -2.33. The summed E-state index contributed by atoms with van der Waals surface area (Å²) in [5, 5.41) is 10.6. The number of fused-ring (bicyclic) bond motifs is 3. The molecule has 2 N–H and O–H groups in total. The first-order valence-corrected chi connectivity index (χ1v) is 10.4. The maximum atomic E-state index is 13.6. The van der Waals surface area contributed by atoms with Crippen molar-refractivity contribution < 1.29 is 9.90 Å². The van der Waals surface area contributed by atoms with Gasteiger partial charge in [0.1, 0.15) is 11.4 Å². The van der Waals surface area contributed by atoms with Crippen LogP contribution in [0.5, 0.6) is 5.75 Å². The van der Waals surface area contributed by atoms with Crippen LogP contribution in [0.2, 0.25) is 0 Å². The number of aromatic hydroxyl groups is 1. The zero-order valence-corrected chi connectivity index (χ0v) is 16.8. The topological polar surface area (TPSA) is 92.9 Å². The molecular formula is C23H24N4O3. The van der Waals surface area contributed by atoms with Gasteiger partial charge in [0.15, 0.2) is 5.78 Å². The minimum Gasteiger partial charge on any atom is -0.508 e. The predicted octanol–water partition coefficient (Wildman–Crippen LogP) is 4.02. The van der Waals surface area contributed by atoms with Crippen LogP contribution in [0.4, 0.5) is 0 Å². The number of hydrogen-bond donors (Lipinski definition) is 2. The van der Waals surface area contributed by atoms with E-state index in [0.717, 1.165) is 35.8 Å². The van der Waals surface area contributed by atoms with Crippen molar-refractivity contribution in [3.8, 4) is 5.75 Å². The van der Waals surface area contributed by atoms with Gasteiger partial charge in [-0.2, -0.15) is 0 Å². The molecule has 3 heterocycles. The Morgan fingerprint density at radius 3 is 2.90 bits per heavy atom. The normalized spacial score (nSPS) is 19.5. The number of imidazole rings is 1. The molecule has 1 aromatic carbocycles. The number of aromatic nitrogens is 4. The molecule has 0 spiro atoms. The third-order valence-corrected chi connectivity index (χ3v) is 6.38. The van der Waals surface area contributed by atoms with E-state index < -0.39 is 0 Å². The maximum absolute atomic E-state index is 13.6. The second-order valence-corrected chi connectivity index (χ2v) is 8.27. The van der Waals surface area contributed by atoms with E-state index in [1.54, 1.807) is 18.3 Å². The molecule has 3 aromatic heterocycles. The minimum atomic E-state index is -0.224. The van der Waals surface area contributed by atoms with E-state index in [-0.39, 0.29) is 29.8 Å². The third-order valence-electron chi connectivity index (χ3n) is 6.38. The van der Waals surface area contributed by atoms with Crippen molar-refractivity contribution in [1.82, 2.24) is 19.1 Å². The number of carbonyl (C=O) groups is 1. The van der Waals surface area contributed by atoms with Gasteiger partial charge < -0.3 is 10.1 Å². The van der Waals surface area contributed by atoms with Crippen LogP contribution < -0.4 is 5.69 Å². The molecule has 154 valence electrons. The van der Waals surface area contributed by atoms with Gasteiger partial charge in [0.25, 0.3) is 0 Å². The van der Waals surface area contributed by atoms with Crippen molar-refractivity contribution >= 4 is 27.9 Å². The van der Waals surface area contributed by atoms with E-state index in [9.17, 15) is 14.7 Å². The number of nitrogens with zero attached hydrogens (tertiary/aromatic N) is 3. The Morgan fingerprint density at radius 2 is 2.10 bits per heavy atom. The number of nitrogens with one attached hydrogen (secondary N) is 1. The van der Waals surface area contributed by atoms with Crippen molar-refractivity contribution in [3.05, 3.63) is 58.8 Å². The summed E-state index contributed by atoms with van der Waals surface area (Å²) in [6.07, 6.45) is 7.82. The Balaban J connectivity index is 1.70. The first-order valence-electron chi connectivity index (χ1n) is 10.4. The number of aromatic amines is 1. The molecule has 7 heteroatoms. The molecule has 5 rings (SSSR count). The van der Waals surface area contributed by atoms with Crippen LogP contribution in [0.15, 0.2) is 47.5 Å². The van der Waals surface area contributed by atoms with Crippen LogP contribution in [0.25, 0.3) is 22.1 Å². The van der Waals surface area contributed by atoms with Gasteiger partial charge in [-0.05, 0) is 37.0 Å². The number of rotatable bonds is 4. The van der Waals surface area contributed by atoms with Gasteiger partial charge in [0.05, 0.1) is 23.8 Å². The summed E-state index contributed by atoms with van der Waals surface area (Å²) in [7, 11) is 0. The number of phenolic OH excluding ortho intramolecular Hbond substituents is 1. The number of pyridine rings is 1. The summed E-state index contributed by atoms with van der Waals surface area (Å²) in [5.41, 5.74) is 2.44. The third kappa shape index (κ3) is 2.93. The SMILES string of the molecule is C[C@@H]1CCCC[C@@H]1n1c(=O)n(CC(=O)c2cccc(O)c2)c2cnc3[nH]ccc3c21. The van der Waals surface area contributed by atoms with Gasteiger partial charge in [0.2, 0.25) is 0 Å². The molecule has 1 fully saturated rings. The van der Waals surface area contributed by atoms with Gasteiger partial charge in [0, 0.05) is 23.2 Å². The molecule has 0 bridgehead atoms. The zero-order chi connectivity index (χ0) is 20.8. The molecule has 1 saturated carbocycles. The van der Waals surface area contributed by atoms with Crippen LogP contribution in [0.1, 0.15) is 49.0 Å². The minimum absolute atomic E-state index is 0.0300. The highest BCUT2D eigenvalue weighted by Crippen LogP contribution is 2.36. The molecule has 1 aliphatic rings. The molecule has 0 saturated heterocycles. The Bertz CT molecular complexity index is 1310. The molecule has 30 heavy (non-hydrogen) atoms. The smallest absolute Gasteiger partial charge is 0.329 e. The summed E-state index contributed by atoms with van der Waals surface area (Å²) in [4.78, 5) is 34.1. The Hall–Kier alpha value is -3.35. The zero-order valence-electron chi connectivity index (χ0n) is 16.8. The second-order valence-electron chi connectivity index (χ2n) is 8.27. The average Bonchev–Trinajstić information content (AvgIpc) is 3.32. The second kappa shape index (κ2) is 7.16. The van der Waals surface area contributed by atoms with Gasteiger partial charge in [-0.1, -0.05) is 31.9 Å². The molecule has 7 nitrogen and oxygen atoms in total. The molecule has 1 aliphatic carbocycles. The number of benzene rings is 1. The highest BCUT2D eigenvalue weighted by molar-refractivity contribution is 6.02. The fourth-order valence-corrected chi connectivity index (χ4v) is 4.82.